The fourth-order valence-corrected chi connectivity index (χ4v) is 9.92. The molecule has 11 rings (SSSR count). The van der Waals surface area contributed by atoms with Gasteiger partial charge in [-0.3, -0.25) is 0 Å². The van der Waals surface area contributed by atoms with E-state index >= 15 is 0 Å². The van der Waals surface area contributed by atoms with Gasteiger partial charge in [0.15, 0.2) is 0 Å². The molecule has 0 fully saturated rings. The Hall–Kier alpha value is -6.74. The number of rotatable bonds is 6. The SMILES string of the molecule is C1=C(c2ccccc2)C=C(c2ccccc2)CC1c1cccc(-n2c3ccccc3c3cccc(-c4ccc5sc6ccc(-c7ccccc7)cc6c5c4)c32)c1. The smallest absolute Gasteiger partial charge is 0.0619 e. The first kappa shape index (κ1) is 32.7. The fourth-order valence-electron chi connectivity index (χ4n) is 8.85. The Kier molecular flexibility index (Phi) is 7.89. The number of hydrogen-bond acceptors (Lipinski definition) is 1. The maximum Gasteiger partial charge on any atom is 0.0619 e. The van der Waals surface area contributed by atoms with Crippen molar-refractivity contribution < 1.29 is 0 Å². The summed E-state index contributed by atoms with van der Waals surface area (Å²) in [5.74, 6) is 0.230. The Morgan fingerprint density at radius 3 is 1.84 bits per heavy atom. The second-order valence-corrected chi connectivity index (χ2v) is 16.0. The quantitative estimate of drug-likeness (QED) is 0.160. The molecule has 56 heavy (non-hydrogen) atoms. The first-order chi connectivity index (χ1) is 27.7. The number of thiophene rings is 1. The average Bonchev–Trinajstić information content (AvgIpc) is 3.82. The van der Waals surface area contributed by atoms with Gasteiger partial charge in [-0.1, -0.05) is 164 Å². The van der Waals surface area contributed by atoms with Gasteiger partial charge in [-0.25, -0.2) is 0 Å². The minimum atomic E-state index is 0.230. The first-order valence-corrected chi connectivity index (χ1v) is 20.2. The van der Waals surface area contributed by atoms with Crippen LogP contribution in [0.2, 0.25) is 0 Å². The molecule has 2 heterocycles. The molecular weight excluding hydrogens is 695 g/mol. The molecule has 2 aromatic heterocycles. The van der Waals surface area contributed by atoms with Crippen molar-refractivity contribution in [1.82, 2.24) is 4.57 Å². The number of allylic oxidation sites excluding steroid dienone is 4. The van der Waals surface area contributed by atoms with Crippen LogP contribution in [0.25, 0.3) is 81.1 Å². The number of benzene rings is 8. The molecule has 0 saturated heterocycles. The zero-order valence-electron chi connectivity index (χ0n) is 30.8. The van der Waals surface area contributed by atoms with Crippen molar-refractivity contribution in [3.63, 3.8) is 0 Å². The largest absolute Gasteiger partial charge is 0.309 e. The van der Waals surface area contributed by atoms with Crippen LogP contribution in [0.3, 0.4) is 0 Å². The maximum atomic E-state index is 2.51. The summed E-state index contributed by atoms with van der Waals surface area (Å²) >= 11 is 1.88. The molecule has 0 spiro atoms. The van der Waals surface area contributed by atoms with Crippen molar-refractivity contribution in [2.24, 2.45) is 0 Å². The highest BCUT2D eigenvalue weighted by Gasteiger charge is 2.22. The van der Waals surface area contributed by atoms with Gasteiger partial charge in [0.2, 0.25) is 0 Å². The highest BCUT2D eigenvalue weighted by atomic mass is 32.1. The molecule has 0 radical (unpaired) electrons. The Morgan fingerprint density at radius 1 is 0.446 bits per heavy atom. The van der Waals surface area contributed by atoms with E-state index in [9.17, 15) is 0 Å². The number of nitrogens with zero attached hydrogens (tertiary/aromatic N) is 1. The van der Waals surface area contributed by atoms with Crippen LogP contribution < -0.4 is 0 Å². The number of aromatic nitrogens is 1. The molecule has 1 atom stereocenters. The lowest BCUT2D eigenvalue weighted by Crippen LogP contribution is -2.05. The van der Waals surface area contributed by atoms with E-state index in [1.165, 1.54) is 97.8 Å². The van der Waals surface area contributed by atoms with Gasteiger partial charge in [-0.05, 0) is 93.4 Å². The lowest BCUT2D eigenvalue weighted by molar-refractivity contribution is 0.868. The molecule has 10 aromatic rings. The summed E-state index contributed by atoms with van der Waals surface area (Å²) in [5.41, 5.74) is 15.1. The van der Waals surface area contributed by atoms with Crippen LogP contribution in [0.5, 0.6) is 0 Å². The van der Waals surface area contributed by atoms with Gasteiger partial charge in [0.05, 0.1) is 11.0 Å². The molecule has 0 N–H and O–H groups in total. The Morgan fingerprint density at radius 2 is 1.07 bits per heavy atom. The van der Waals surface area contributed by atoms with Crippen LogP contribution in [0.1, 0.15) is 29.0 Å². The molecule has 8 aromatic carbocycles. The van der Waals surface area contributed by atoms with Crippen LogP contribution in [0, 0.1) is 0 Å². The third-order valence-electron chi connectivity index (χ3n) is 11.5. The highest BCUT2D eigenvalue weighted by molar-refractivity contribution is 7.25. The van der Waals surface area contributed by atoms with E-state index in [0.29, 0.717) is 0 Å². The van der Waals surface area contributed by atoms with Crippen LogP contribution in [0.15, 0.2) is 206 Å². The zero-order chi connectivity index (χ0) is 37.0. The van der Waals surface area contributed by atoms with Gasteiger partial charge in [0, 0.05) is 48.1 Å². The third-order valence-corrected chi connectivity index (χ3v) is 12.7. The van der Waals surface area contributed by atoms with Crippen molar-refractivity contribution in [3.05, 3.63) is 223 Å². The highest BCUT2D eigenvalue weighted by Crippen LogP contribution is 2.44. The van der Waals surface area contributed by atoms with E-state index in [-0.39, 0.29) is 5.92 Å². The van der Waals surface area contributed by atoms with Crippen molar-refractivity contribution in [2.45, 2.75) is 12.3 Å². The Labute approximate surface area is 330 Å². The molecule has 264 valence electrons. The second-order valence-electron chi connectivity index (χ2n) is 14.9. The van der Waals surface area contributed by atoms with Gasteiger partial charge in [-0.15, -0.1) is 11.3 Å². The van der Waals surface area contributed by atoms with Crippen LogP contribution in [-0.4, -0.2) is 4.57 Å². The summed E-state index contributed by atoms with van der Waals surface area (Å²) in [6, 6.07) is 71.4. The van der Waals surface area contributed by atoms with E-state index in [4.69, 9.17) is 0 Å². The molecule has 0 amide bonds. The average molecular weight is 732 g/mol. The molecule has 2 heteroatoms. The standard InChI is InChI=1S/C54H37NS/c1-4-14-36(15-5-1)40-26-28-52-49(34-40)50-35-41(27-29-53(50)56-52)46-23-13-24-48-47-22-10-11-25-51(47)55(54(46)48)45-21-12-20-39(33-45)44-31-42(37-16-6-2-7-17-37)30-43(32-44)38-18-8-3-9-19-38/h1-31,33-35,44H,32H2. The van der Waals surface area contributed by atoms with E-state index in [0.717, 1.165) is 6.42 Å². The van der Waals surface area contributed by atoms with E-state index < -0.39 is 0 Å². The van der Waals surface area contributed by atoms with Crippen LogP contribution in [0.4, 0.5) is 0 Å². The molecule has 0 bridgehead atoms. The number of fused-ring (bicyclic) bond motifs is 6. The summed E-state index contributed by atoms with van der Waals surface area (Å²) < 4.78 is 5.14. The zero-order valence-corrected chi connectivity index (χ0v) is 31.6. The predicted molar refractivity (Wildman–Crippen MR) is 241 cm³/mol. The summed E-state index contributed by atoms with van der Waals surface area (Å²) in [6.45, 7) is 0. The molecule has 1 unspecified atom stereocenters. The van der Waals surface area contributed by atoms with Gasteiger partial charge in [0.1, 0.15) is 0 Å². The van der Waals surface area contributed by atoms with E-state index in [2.05, 4.69) is 211 Å². The Balaban J connectivity index is 1.07. The third kappa shape index (κ3) is 5.61. The van der Waals surface area contributed by atoms with E-state index in [1.807, 2.05) is 11.3 Å². The molecule has 0 saturated carbocycles. The first-order valence-electron chi connectivity index (χ1n) is 19.4. The predicted octanol–water partition coefficient (Wildman–Crippen LogP) is 15.1. The summed E-state index contributed by atoms with van der Waals surface area (Å²) in [6.07, 6.45) is 5.81. The summed E-state index contributed by atoms with van der Waals surface area (Å²) in [4.78, 5) is 0. The number of para-hydroxylation sites is 2. The van der Waals surface area contributed by atoms with Gasteiger partial charge >= 0.3 is 0 Å². The summed E-state index contributed by atoms with van der Waals surface area (Å²) in [7, 11) is 0. The normalized spacial score (nSPS) is 14.4. The fraction of sp³-hybridized carbons (Fsp3) is 0.0370. The molecular formula is C54H37NS. The van der Waals surface area contributed by atoms with Gasteiger partial charge in [-0.2, -0.15) is 0 Å². The van der Waals surface area contributed by atoms with Crippen molar-refractivity contribution >= 4 is 64.5 Å². The van der Waals surface area contributed by atoms with Crippen LogP contribution in [-0.2, 0) is 0 Å². The van der Waals surface area contributed by atoms with Gasteiger partial charge in [0.25, 0.3) is 0 Å². The monoisotopic (exact) mass is 731 g/mol. The molecule has 1 aliphatic rings. The second kappa shape index (κ2) is 13.5. The topological polar surface area (TPSA) is 4.93 Å². The van der Waals surface area contributed by atoms with Crippen LogP contribution >= 0.6 is 11.3 Å². The lowest BCUT2D eigenvalue weighted by Gasteiger charge is -2.24. The number of hydrogen-bond donors (Lipinski definition) is 0. The minimum Gasteiger partial charge on any atom is -0.309 e. The van der Waals surface area contributed by atoms with E-state index in [1.54, 1.807) is 0 Å². The lowest BCUT2D eigenvalue weighted by atomic mass is 9.81. The molecule has 1 aliphatic carbocycles. The maximum absolute atomic E-state index is 2.51. The van der Waals surface area contributed by atoms with Crippen molar-refractivity contribution in [1.29, 1.82) is 0 Å². The Bertz CT molecular complexity index is 3140. The molecule has 1 nitrogen and oxygen atoms in total. The van der Waals surface area contributed by atoms with Crippen molar-refractivity contribution in [3.8, 4) is 27.9 Å². The van der Waals surface area contributed by atoms with Crippen molar-refractivity contribution in [2.75, 3.05) is 0 Å². The molecule has 0 aliphatic heterocycles. The summed E-state index contributed by atoms with van der Waals surface area (Å²) in [5, 5.41) is 5.15. The van der Waals surface area contributed by atoms with Gasteiger partial charge < -0.3 is 4.57 Å². The minimum absolute atomic E-state index is 0.230.